The van der Waals surface area contributed by atoms with Gasteiger partial charge < -0.3 is 15.5 Å². The Balaban J connectivity index is 2.39. The molecule has 0 aromatic carbocycles. The van der Waals surface area contributed by atoms with Crippen LogP contribution in [0.5, 0.6) is 0 Å². The molecule has 16 heavy (non-hydrogen) atoms. The number of hydrogen-bond donors (Lipinski definition) is 2. The molecule has 0 bridgehead atoms. The van der Waals surface area contributed by atoms with Gasteiger partial charge in [-0.2, -0.15) is 11.8 Å². The Morgan fingerprint density at radius 3 is 3.00 bits per heavy atom. The van der Waals surface area contributed by atoms with Crippen molar-refractivity contribution in [3.8, 4) is 0 Å². The van der Waals surface area contributed by atoms with Gasteiger partial charge in [0.05, 0.1) is 18.3 Å². The molecule has 0 saturated carbocycles. The number of amides is 1. The number of thioether (sulfide) groups is 1. The van der Waals surface area contributed by atoms with Crippen molar-refractivity contribution in [3.05, 3.63) is 24.2 Å². The number of furan rings is 1. The lowest BCUT2D eigenvalue weighted by atomic mass is 10.2. The molecule has 0 fully saturated rings. The highest BCUT2D eigenvalue weighted by atomic mass is 32.2. The summed E-state index contributed by atoms with van der Waals surface area (Å²) in [5, 5.41) is 2.82. The predicted molar refractivity (Wildman–Crippen MR) is 66.2 cm³/mol. The second-order valence-electron chi connectivity index (χ2n) is 3.63. The van der Waals surface area contributed by atoms with Crippen molar-refractivity contribution in [2.45, 2.75) is 25.4 Å². The molecule has 1 aromatic rings. The first-order chi connectivity index (χ1) is 7.65. The number of rotatable bonds is 6. The van der Waals surface area contributed by atoms with Gasteiger partial charge in [0.1, 0.15) is 5.76 Å². The zero-order valence-corrected chi connectivity index (χ0v) is 10.4. The average molecular weight is 242 g/mol. The SMILES string of the molecule is CSCC[C@H](N)C(=O)N[C@H](C)c1ccco1. The summed E-state index contributed by atoms with van der Waals surface area (Å²) in [5.74, 6) is 1.51. The molecule has 90 valence electrons. The molecule has 5 heteroatoms. The molecule has 1 rings (SSSR count). The van der Waals surface area contributed by atoms with Gasteiger partial charge in [-0.1, -0.05) is 0 Å². The first-order valence-corrected chi connectivity index (χ1v) is 6.63. The monoisotopic (exact) mass is 242 g/mol. The normalized spacial score (nSPS) is 14.4. The maximum atomic E-state index is 11.7. The van der Waals surface area contributed by atoms with E-state index in [1.165, 1.54) is 0 Å². The Kier molecular flexibility index (Phi) is 5.42. The summed E-state index contributed by atoms with van der Waals surface area (Å²) in [6.07, 6.45) is 4.28. The van der Waals surface area contributed by atoms with Crippen LogP contribution in [0.15, 0.2) is 22.8 Å². The fourth-order valence-electron chi connectivity index (χ4n) is 1.31. The molecule has 3 N–H and O–H groups in total. The molecule has 0 unspecified atom stereocenters. The third-order valence-corrected chi connectivity index (χ3v) is 2.94. The summed E-state index contributed by atoms with van der Waals surface area (Å²) in [6.45, 7) is 1.87. The smallest absolute Gasteiger partial charge is 0.237 e. The highest BCUT2D eigenvalue weighted by molar-refractivity contribution is 7.98. The summed E-state index contributed by atoms with van der Waals surface area (Å²) in [7, 11) is 0. The van der Waals surface area contributed by atoms with Gasteiger partial charge in [0, 0.05) is 0 Å². The van der Waals surface area contributed by atoms with Crippen LogP contribution in [-0.4, -0.2) is 24.0 Å². The molecular weight excluding hydrogens is 224 g/mol. The van der Waals surface area contributed by atoms with Crippen molar-refractivity contribution in [2.24, 2.45) is 5.73 Å². The molecule has 0 saturated heterocycles. The summed E-state index contributed by atoms with van der Waals surface area (Å²) in [5.41, 5.74) is 5.75. The van der Waals surface area contributed by atoms with E-state index < -0.39 is 6.04 Å². The van der Waals surface area contributed by atoms with Crippen molar-refractivity contribution in [3.63, 3.8) is 0 Å². The van der Waals surface area contributed by atoms with Gasteiger partial charge in [0.2, 0.25) is 5.91 Å². The molecule has 1 amide bonds. The van der Waals surface area contributed by atoms with Gasteiger partial charge in [-0.25, -0.2) is 0 Å². The number of carbonyl (C=O) groups excluding carboxylic acids is 1. The van der Waals surface area contributed by atoms with Gasteiger partial charge in [-0.3, -0.25) is 4.79 Å². The average Bonchev–Trinajstić information content (AvgIpc) is 2.79. The highest BCUT2D eigenvalue weighted by Crippen LogP contribution is 2.12. The molecule has 0 aliphatic rings. The van der Waals surface area contributed by atoms with E-state index in [-0.39, 0.29) is 11.9 Å². The van der Waals surface area contributed by atoms with Crippen LogP contribution in [0.1, 0.15) is 25.1 Å². The summed E-state index contributed by atoms with van der Waals surface area (Å²) in [4.78, 5) is 11.7. The van der Waals surface area contributed by atoms with E-state index in [0.717, 1.165) is 11.5 Å². The second-order valence-corrected chi connectivity index (χ2v) is 4.62. The van der Waals surface area contributed by atoms with Crippen LogP contribution in [0.2, 0.25) is 0 Å². The van der Waals surface area contributed by atoms with Crippen molar-refractivity contribution < 1.29 is 9.21 Å². The molecule has 0 aliphatic carbocycles. The molecule has 2 atom stereocenters. The first kappa shape index (κ1) is 13.1. The number of hydrogen-bond acceptors (Lipinski definition) is 4. The third kappa shape index (κ3) is 3.90. The van der Waals surface area contributed by atoms with E-state index in [1.807, 2.05) is 19.2 Å². The molecule has 0 radical (unpaired) electrons. The Morgan fingerprint density at radius 1 is 1.69 bits per heavy atom. The van der Waals surface area contributed by atoms with Gasteiger partial charge in [-0.05, 0) is 37.5 Å². The zero-order chi connectivity index (χ0) is 12.0. The van der Waals surface area contributed by atoms with Gasteiger partial charge >= 0.3 is 0 Å². The largest absolute Gasteiger partial charge is 0.467 e. The van der Waals surface area contributed by atoms with Crippen LogP contribution in [0, 0.1) is 0 Å². The fraction of sp³-hybridized carbons (Fsp3) is 0.545. The topological polar surface area (TPSA) is 68.3 Å². The van der Waals surface area contributed by atoms with Crippen molar-refractivity contribution in [2.75, 3.05) is 12.0 Å². The van der Waals surface area contributed by atoms with E-state index in [9.17, 15) is 4.79 Å². The molecule has 0 spiro atoms. The molecule has 1 heterocycles. The van der Waals surface area contributed by atoms with Crippen LogP contribution in [-0.2, 0) is 4.79 Å². The van der Waals surface area contributed by atoms with E-state index in [2.05, 4.69) is 5.32 Å². The van der Waals surface area contributed by atoms with E-state index >= 15 is 0 Å². The van der Waals surface area contributed by atoms with Crippen molar-refractivity contribution in [1.82, 2.24) is 5.32 Å². The van der Waals surface area contributed by atoms with Crippen LogP contribution in [0.3, 0.4) is 0 Å². The molecule has 0 aliphatic heterocycles. The van der Waals surface area contributed by atoms with E-state index in [0.29, 0.717) is 6.42 Å². The summed E-state index contributed by atoms with van der Waals surface area (Å²) >= 11 is 1.69. The lowest BCUT2D eigenvalue weighted by Crippen LogP contribution is -2.41. The highest BCUT2D eigenvalue weighted by Gasteiger charge is 2.17. The Hall–Kier alpha value is -0.940. The number of nitrogens with two attached hydrogens (primary N) is 1. The van der Waals surface area contributed by atoms with Crippen molar-refractivity contribution in [1.29, 1.82) is 0 Å². The minimum absolute atomic E-state index is 0.127. The first-order valence-electron chi connectivity index (χ1n) is 5.23. The van der Waals surface area contributed by atoms with Crippen LogP contribution in [0.4, 0.5) is 0 Å². The Labute approximate surface area is 100.0 Å². The molecule has 1 aromatic heterocycles. The zero-order valence-electron chi connectivity index (χ0n) is 9.60. The van der Waals surface area contributed by atoms with Crippen molar-refractivity contribution >= 4 is 17.7 Å². The van der Waals surface area contributed by atoms with Crippen LogP contribution < -0.4 is 11.1 Å². The predicted octanol–water partition coefficient (Wildman–Crippen LogP) is 1.54. The Morgan fingerprint density at radius 2 is 2.44 bits per heavy atom. The quantitative estimate of drug-likeness (QED) is 0.794. The van der Waals surface area contributed by atoms with E-state index in [4.69, 9.17) is 10.2 Å². The fourth-order valence-corrected chi connectivity index (χ4v) is 1.79. The van der Waals surface area contributed by atoms with E-state index in [1.54, 1.807) is 24.1 Å². The standard InChI is InChI=1S/C11H18N2O2S/c1-8(10-4-3-6-15-10)13-11(14)9(12)5-7-16-2/h3-4,6,8-9H,5,7,12H2,1-2H3,(H,13,14)/t8-,9+/m1/s1. The number of carbonyl (C=O) groups is 1. The van der Waals surface area contributed by atoms with Gasteiger partial charge in [0.25, 0.3) is 0 Å². The maximum absolute atomic E-state index is 11.7. The van der Waals surface area contributed by atoms with Gasteiger partial charge in [0.15, 0.2) is 0 Å². The number of nitrogens with one attached hydrogen (secondary N) is 1. The third-order valence-electron chi connectivity index (χ3n) is 2.30. The molecular formula is C11H18N2O2S. The lowest BCUT2D eigenvalue weighted by Gasteiger charge is -2.15. The minimum Gasteiger partial charge on any atom is -0.467 e. The summed E-state index contributed by atoms with van der Waals surface area (Å²) < 4.78 is 5.20. The van der Waals surface area contributed by atoms with Crippen LogP contribution in [0.25, 0.3) is 0 Å². The molecule has 4 nitrogen and oxygen atoms in total. The maximum Gasteiger partial charge on any atom is 0.237 e. The minimum atomic E-state index is -0.440. The second kappa shape index (κ2) is 6.60. The lowest BCUT2D eigenvalue weighted by molar-refractivity contribution is -0.123. The Bertz CT molecular complexity index is 314. The van der Waals surface area contributed by atoms with Gasteiger partial charge in [-0.15, -0.1) is 0 Å². The van der Waals surface area contributed by atoms with Crippen LogP contribution >= 0.6 is 11.8 Å². The summed E-state index contributed by atoms with van der Waals surface area (Å²) in [6, 6.07) is 3.05.